The van der Waals surface area contributed by atoms with Crippen LogP contribution in [-0.4, -0.2) is 72.9 Å². The monoisotopic (exact) mass is 467 g/mol. The molecule has 0 spiro atoms. The highest BCUT2D eigenvalue weighted by Gasteiger charge is 2.47. The van der Waals surface area contributed by atoms with Crippen LogP contribution in [0.5, 0.6) is 11.5 Å². The molecule has 33 heavy (non-hydrogen) atoms. The Kier molecular flexibility index (Phi) is 5.79. The summed E-state index contributed by atoms with van der Waals surface area (Å²) >= 11 is 0. The van der Waals surface area contributed by atoms with Gasteiger partial charge in [-0.1, -0.05) is 6.07 Å². The molecule has 5 rings (SSSR count). The highest BCUT2D eigenvalue weighted by molar-refractivity contribution is 5.93. The molecule has 178 valence electrons. The Hall–Kier alpha value is -2.99. The van der Waals surface area contributed by atoms with Gasteiger partial charge in [0.1, 0.15) is 5.82 Å². The molecule has 0 saturated carbocycles. The first-order valence-corrected chi connectivity index (χ1v) is 10.8. The second kappa shape index (κ2) is 8.75. The maximum Gasteiger partial charge on any atom is 0.410 e. The van der Waals surface area contributed by atoms with Gasteiger partial charge in [-0.05, 0) is 17.7 Å². The van der Waals surface area contributed by atoms with E-state index in [0.717, 1.165) is 17.8 Å². The van der Waals surface area contributed by atoms with Crippen molar-refractivity contribution in [3.05, 3.63) is 35.5 Å². The molecule has 0 radical (unpaired) electrons. The van der Waals surface area contributed by atoms with Gasteiger partial charge in [-0.2, -0.15) is 18.3 Å². The zero-order valence-corrected chi connectivity index (χ0v) is 17.7. The maximum atomic E-state index is 13.9. The van der Waals surface area contributed by atoms with Crippen molar-refractivity contribution in [2.24, 2.45) is 0 Å². The Morgan fingerprint density at radius 3 is 2.76 bits per heavy atom. The van der Waals surface area contributed by atoms with E-state index in [4.69, 9.17) is 14.2 Å². The smallest absolute Gasteiger partial charge is 0.410 e. The van der Waals surface area contributed by atoms with E-state index in [0.29, 0.717) is 43.4 Å². The van der Waals surface area contributed by atoms with E-state index in [1.54, 1.807) is 18.2 Å². The first kappa shape index (κ1) is 21.8. The number of ether oxygens (including phenoxy) is 3. The number of hydrogen-bond donors (Lipinski definition) is 2. The first-order valence-electron chi connectivity index (χ1n) is 10.8. The molecular formula is C21H24F3N5O4. The largest absolute Gasteiger partial charge is 0.454 e. The number of hydrogen-bond acceptors (Lipinski definition) is 7. The quantitative estimate of drug-likeness (QED) is 0.698. The van der Waals surface area contributed by atoms with Crippen LogP contribution in [0.2, 0.25) is 0 Å². The number of nitrogens with one attached hydrogen (secondary N) is 2. The number of benzene rings is 1. The van der Waals surface area contributed by atoms with Crippen molar-refractivity contribution in [2.75, 3.05) is 51.5 Å². The number of carbonyl (C=O) groups excluding carboxylic acids is 1. The van der Waals surface area contributed by atoms with Crippen LogP contribution >= 0.6 is 0 Å². The Balaban J connectivity index is 1.31. The van der Waals surface area contributed by atoms with Crippen LogP contribution in [-0.2, 0) is 4.74 Å². The maximum absolute atomic E-state index is 13.9. The standard InChI is InChI=1S/C21H24F3N5O4/c22-21(23,24)18-10-14(13-1-2-16-17(9-13)33-12-32-16)26-19-11-15(27-29(18)19)20(30)25-3-4-28-5-7-31-8-6-28/h1-2,9,11,14,18,26H,3-8,10,12H2,(H,25,30)/t14-,18-/m1/s1. The topological polar surface area (TPSA) is 89.9 Å². The zero-order valence-electron chi connectivity index (χ0n) is 17.7. The molecule has 2 N–H and O–H groups in total. The number of nitrogens with zero attached hydrogens (tertiary/aromatic N) is 3. The predicted octanol–water partition coefficient (Wildman–Crippen LogP) is 2.33. The van der Waals surface area contributed by atoms with Crippen LogP contribution in [0.3, 0.4) is 0 Å². The van der Waals surface area contributed by atoms with E-state index in [2.05, 4.69) is 20.6 Å². The minimum atomic E-state index is -4.53. The SMILES string of the molecule is O=C(NCCN1CCOCC1)c1cc2n(n1)[C@@H](C(F)(F)F)C[C@H](c1ccc3c(c1)OCO3)N2. The lowest BCUT2D eigenvalue weighted by Crippen LogP contribution is -2.41. The summed E-state index contributed by atoms with van der Waals surface area (Å²) in [7, 11) is 0. The predicted molar refractivity (Wildman–Crippen MR) is 110 cm³/mol. The summed E-state index contributed by atoms with van der Waals surface area (Å²) in [5.41, 5.74) is 0.581. The van der Waals surface area contributed by atoms with Crippen molar-refractivity contribution in [3.8, 4) is 11.5 Å². The number of carbonyl (C=O) groups is 1. The number of fused-ring (bicyclic) bond motifs is 2. The molecule has 1 amide bonds. The van der Waals surface area contributed by atoms with Crippen LogP contribution in [0.25, 0.3) is 0 Å². The normalized spacial score (nSPS) is 22.5. The highest BCUT2D eigenvalue weighted by Crippen LogP contribution is 2.45. The summed E-state index contributed by atoms with van der Waals surface area (Å²) in [6, 6.07) is 3.94. The summed E-state index contributed by atoms with van der Waals surface area (Å²) in [6.45, 7) is 3.96. The number of morpholine rings is 1. The lowest BCUT2D eigenvalue weighted by atomic mass is 9.96. The van der Waals surface area contributed by atoms with Gasteiger partial charge in [0.25, 0.3) is 5.91 Å². The third-order valence-electron chi connectivity index (χ3n) is 6.04. The fraction of sp³-hybridized carbons (Fsp3) is 0.524. The molecule has 2 aromatic rings. The number of rotatable bonds is 5. The molecule has 0 bridgehead atoms. The van der Waals surface area contributed by atoms with Crippen LogP contribution < -0.4 is 20.1 Å². The van der Waals surface area contributed by atoms with Crippen molar-refractivity contribution in [1.82, 2.24) is 20.0 Å². The van der Waals surface area contributed by atoms with Gasteiger partial charge in [0, 0.05) is 38.7 Å². The molecular weight excluding hydrogens is 443 g/mol. The Morgan fingerprint density at radius 1 is 1.18 bits per heavy atom. The number of anilines is 1. The fourth-order valence-electron chi connectivity index (χ4n) is 4.28. The van der Waals surface area contributed by atoms with Crippen molar-refractivity contribution < 1.29 is 32.2 Å². The second-order valence-electron chi connectivity index (χ2n) is 8.17. The minimum Gasteiger partial charge on any atom is -0.454 e. The van der Waals surface area contributed by atoms with Crippen LogP contribution in [0.15, 0.2) is 24.3 Å². The third kappa shape index (κ3) is 4.58. The van der Waals surface area contributed by atoms with E-state index >= 15 is 0 Å². The van der Waals surface area contributed by atoms with Crippen molar-refractivity contribution >= 4 is 11.7 Å². The lowest BCUT2D eigenvalue weighted by molar-refractivity contribution is -0.173. The summed E-state index contributed by atoms with van der Waals surface area (Å²) in [4.78, 5) is 14.7. The summed E-state index contributed by atoms with van der Waals surface area (Å²) in [5.74, 6) is 0.692. The van der Waals surface area contributed by atoms with Gasteiger partial charge < -0.3 is 24.8 Å². The Bertz CT molecular complexity index is 1020. The van der Waals surface area contributed by atoms with Crippen molar-refractivity contribution in [1.29, 1.82) is 0 Å². The fourth-order valence-corrected chi connectivity index (χ4v) is 4.28. The number of amides is 1. The van der Waals surface area contributed by atoms with Gasteiger partial charge in [-0.25, -0.2) is 4.68 Å². The molecule has 4 heterocycles. The van der Waals surface area contributed by atoms with Crippen LogP contribution in [0.4, 0.5) is 19.0 Å². The van der Waals surface area contributed by atoms with Gasteiger partial charge in [-0.3, -0.25) is 9.69 Å². The number of alkyl halides is 3. The minimum absolute atomic E-state index is 0.0555. The molecule has 1 aromatic carbocycles. The van der Waals surface area contributed by atoms with E-state index in [-0.39, 0.29) is 24.7 Å². The van der Waals surface area contributed by atoms with Crippen LogP contribution in [0, 0.1) is 0 Å². The van der Waals surface area contributed by atoms with Gasteiger partial charge in [-0.15, -0.1) is 0 Å². The van der Waals surface area contributed by atoms with Gasteiger partial charge in [0.05, 0.1) is 19.3 Å². The van der Waals surface area contributed by atoms with E-state index in [1.807, 2.05) is 0 Å². The highest BCUT2D eigenvalue weighted by atomic mass is 19.4. The Morgan fingerprint density at radius 2 is 1.97 bits per heavy atom. The molecule has 1 aromatic heterocycles. The summed E-state index contributed by atoms with van der Waals surface area (Å²) < 4.78 is 58.5. The van der Waals surface area contributed by atoms with Gasteiger partial charge in [0.2, 0.25) is 6.79 Å². The average molecular weight is 467 g/mol. The average Bonchev–Trinajstić information content (AvgIpc) is 3.44. The van der Waals surface area contributed by atoms with E-state index in [1.165, 1.54) is 6.07 Å². The van der Waals surface area contributed by atoms with Crippen LogP contribution in [0.1, 0.15) is 34.6 Å². The number of halogens is 3. The van der Waals surface area contributed by atoms with Crippen molar-refractivity contribution in [3.63, 3.8) is 0 Å². The molecule has 0 unspecified atom stereocenters. The molecule has 1 fully saturated rings. The Labute approximate surface area is 187 Å². The molecule has 3 aliphatic rings. The van der Waals surface area contributed by atoms with Gasteiger partial charge >= 0.3 is 6.18 Å². The lowest BCUT2D eigenvalue weighted by Gasteiger charge is -2.33. The number of aromatic nitrogens is 2. The summed E-state index contributed by atoms with van der Waals surface area (Å²) in [5, 5.41) is 9.83. The molecule has 3 aliphatic heterocycles. The zero-order chi connectivity index (χ0) is 23.0. The molecule has 2 atom stereocenters. The second-order valence-corrected chi connectivity index (χ2v) is 8.17. The molecule has 9 nitrogen and oxygen atoms in total. The molecule has 12 heteroatoms. The first-order chi connectivity index (χ1) is 15.9. The molecule has 0 aliphatic carbocycles. The van der Waals surface area contributed by atoms with Gasteiger partial charge in [0.15, 0.2) is 23.2 Å². The summed E-state index contributed by atoms with van der Waals surface area (Å²) in [6.07, 6.45) is -4.79. The van der Waals surface area contributed by atoms with E-state index < -0.39 is 24.2 Å². The van der Waals surface area contributed by atoms with E-state index in [9.17, 15) is 18.0 Å². The third-order valence-corrected chi connectivity index (χ3v) is 6.04. The molecule has 1 saturated heterocycles. The van der Waals surface area contributed by atoms with Crippen molar-refractivity contribution in [2.45, 2.75) is 24.7 Å².